The summed E-state index contributed by atoms with van der Waals surface area (Å²) in [5.41, 5.74) is -0.892. The fourth-order valence-corrected chi connectivity index (χ4v) is 3.78. The van der Waals surface area contributed by atoms with Crippen LogP contribution < -0.4 is 14.5 Å². The molecule has 0 aliphatic heterocycles. The number of pyridine rings is 1. The van der Waals surface area contributed by atoms with Crippen molar-refractivity contribution < 1.29 is 27.8 Å². The van der Waals surface area contributed by atoms with Crippen LogP contribution in [0, 0.1) is 5.92 Å². The van der Waals surface area contributed by atoms with Crippen LogP contribution in [0.1, 0.15) is 32.8 Å². The zero-order valence-electron chi connectivity index (χ0n) is 16.4. The van der Waals surface area contributed by atoms with Gasteiger partial charge in [0.1, 0.15) is 0 Å². The summed E-state index contributed by atoms with van der Waals surface area (Å²) in [5.74, 6) is -0.213. The van der Waals surface area contributed by atoms with Crippen molar-refractivity contribution in [1.82, 2.24) is 10.3 Å². The molecule has 1 amide bonds. The molecule has 5 nitrogen and oxygen atoms in total. The van der Waals surface area contributed by atoms with Gasteiger partial charge in [-0.05, 0) is 0 Å². The van der Waals surface area contributed by atoms with Gasteiger partial charge in [0.2, 0.25) is 0 Å². The minimum Gasteiger partial charge on any atom is -0.465 e. The average molecular weight is 472 g/mol. The number of carbonyl (C=O) groups is 1. The summed E-state index contributed by atoms with van der Waals surface area (Å²) in [4.78, 5) is 15.2. The molecule has 0 radical (unpaired) electrons. The molecule has 0 saturated carbocycles. The van der Waals surface area contributed by atoms with Crippen LogP contribution in [0.15, 0.2) is 36.5 Å². The maximum absolute atomic E-state index is 13.7. The Kier molecular flexibility index (Phi) is 7.22. The number of hydrogen-bond acceptors (Lipinski definition) is 3. The molecule has 1 aromatic carbocycles. The summed E-state index contributed by atoms with van der Waals surface area (Å²) in [7, 11) is 0. The molecule has 9 heteroatoms. The first-order chi connectivity index (χ1) is 13.4. The molecule has 2 rings (SSSR count). The summed E-state index contributed by atoms with van der Waals surface area (Å²) >= 11 is 1.28. The molecule has 2 N–H and O–H groups in total. The Morgan fingerprint density at radius 3 is 2.45 bits per heavy atom. The molecule has 2 atom stereocenters. The Bertz CT molecular complexity index is 874. The molecule has 158 valence electrons. The number of halogens is 3. The number of rotatable bonds is 7. The number of ether oxygens (including phenoxy) is 1. The third-order valence-corrected chi connectivity index (χ3v) is 4.88. The summed E-state index contributed by atoms with van der Waals surface area (Å²) in [5, 5.41) is 11.4. The van der Waals surface area contributed by atoms with Crippen LogP contribution in [0.25, 0.3) is 11.1 Å². The Labute approximate surface area is 176 Å². The minimum absolute atomic E-state index is 0.122. The topological polar surface area (TPSA) is 71.5 Å². The van der Waals surface area contributed by atoms with Gasteiger partial charge >= 0.3 is 152 Å². The van der Waals surface area contributed by atoms with Gasteiger partial charge in [0, 0.05) is 0 Å². The van der Waals surface area contributed by atoms with E-state index in [0.29, 0.717) is 17.5 Å². The first-order valence-corrected chi connectivity index (χ1v) is 10.2. The van der Waals surface area contributed by atoms with Crippen LogP contribution in [0.2, 0.25) is 0 Å². The average Bonchev–Trinajstić information content (AvgIpc) is 2.57. The van der Waals surface area contributed by atoms with E-state index >= 15 is 0 Å². The Morgan fingerprint density at radius 1 is 1.24 bits per heavy atom. The molecule has 1 aromatic heterocycles. The third kappa shape index (κ3) is 6.67. The van der Waals surface area contributed by atoms with Crippen LogP contribution in [0.4, 0.5) is 18.0 Å². The number of benzene rings is 1. The molecule has 1 heterocycles. The van der Waals surface area contributed by atoms with Gasteiger partial charge in [-0.3, -0.25) is 0 Å². The number of hydrogen-bond donors (Lipinski definition) is 2. The van der Waals surface area contributed by atoms with E-state index in [1.54, 1.807) is 31.3 Å². The zero-order chi connectivity index (χ0) is 21.8. The SMILES string of the molecule is CC(C)CC(C)(COc1ccc(-c2ccnc([AsH2])c2)cc1C(F)(F)F)NC(=O)O. The van der Waals surface area contributed by atoms with Crippen LogP contribution in [0.5, 0.6) is 5.75 Å². The van der Waals surface area contributed by atoms with Crippen LogP contribution in [-0.2, 0) is 6.18 Å². The molecule has 0 bridgehead atoms. The summed E-state index contributed by atoms with van der Waals surface area (Å²) in [6.45, 7) is 5.19. The minimum atomic E-state index is -4.62. The fourth-order valence-electron chi connectivity index (χ4n) is 3.23. The molecule has 29 heavy (non-hydrogen) atoms. The van der Waals surface area contributed by atoms with Crippen molar-refractivity contribution in [2.45, 2.75) is 38.9 Å². The molecule has 0 aliphatic rings. The molecule has 0 spiro atoms. The normalized spacial score (nSPS) is 13.8. The van der Waals surface area contributed by atoms with Gasteiger partial charge < -0.3 is 5.11 Å². The second-order valence-corrected chi connectivity index (χ2v) is 8.80. The molecule has 2 aromatic rings. The second-order valence-electron chi connectivity index (χ2n) is 7.56. The maximum atomic E-state index is 13.7. The molecule has 0 fully saturated rings. The van der Waals surface area contributed by atoms with E-state index in [-0.39, 0.29) is 18.3 Å². The van der Waals surface area contributed by atoms with E-state index in [1.807, 2.05) is 13.8 Å². The van der Waals surface area contributed by atoms with E-state index in [2.05, 4.69) is 10.3 Å². The Hall–Kier alpha value is -2.21. The van der Waals surface area contributed by atoms with Crippen molar-refractivity contribution in [3.8, 4) is 16.9 Å². The van der Waals surface area contributed by atoms with E-state index in [9.17, 15) is 18.0 Å². The zero-order valence-corrected chi connectivity index (χ0v) is 18.8. The van der Waals surface area contributed by atoms with Gasteiger partial charge in [0.25, 0.3) is 0 Å². The predicted octanol–water partition coefficient (Wildman–Crippen LogP) is 3.48. The summed E-state index contributed by atoms with van der Waals surface area (Å²) in [6, 6.07) is 7.25. The first kappa shape index (κ1) is 23.1. The van der Waals surface area contributed by atoms with Crippen molar-refractivity contribution in [2.24, 2.45) is 5.92 Å². The quantitative estimate of drug-likeness (QED) is 0.606. The van der Waals surface area contributed by atoms with Crippen LogP contribution >= 0.6 is 0 Å². The van der Waals surface area contributed by atoms with E-state index in [4.69, 9.17) is 9.84 Å². The number of aromatic nitrogens is 1. The predicted molar refractivity (Wildman–Crippen MR) is 107 cm³/mol. The third-order valence-electron chi connectivity index (χ3n) is 4.21. The smallest absolute Gasteiger partial charge is 0.465 e. The summed E-state index contributed by atoms with van der Waals surface area (Å²) < 4.78 is 47.2. The number of nitrogens with one attached hydrogen (secondary N) is 1. The molecular formula is C20H24AsF3N2O3. The molecule has 2 unspecified atom stereocenters. The number of amides is 1. The van der Waals surface area contributed by atoms with Crippen molar-refractivity contribution in [3.63, 3.8) is 0 Å². The van der Waals surface area contributed by atoms with Crippen LogP contribution in [-0.4, -0.2) is 45.2 Å². The van der Waals surface area contributed by atoms with Gasteiger partial charge in [-0.2, -0.15) is 0 Å². The van der Waals surface area contributed by atoms with Gasteiger partial charge in [0.05, 0.1) is 0 Å². The molecular weight excluding hydrogens is 448 g/mol. The van der Waals surface area contributed by atoms with Gasteiger partial charge in [0.15, 0.2) is 0 Å². The Morgan fingerprint density at radius 2 is 1.90 bits per heavy atom. The number of carboxylic acid groups (broad SMARTS) is 1. The van der Waals surface area contributed by atoms with Crippen LogP contribution in [0.3, 0.4) is 0 Å². The van der Waals surface area contributed by atoms with Gasteiger partial charge in [-0.15, -0.1) is 0 Å². The van der Waals surface area contributed by atoms with E-state index in [1.165, 1.54) is 22.9 Å². The number of alkyl halides is 3. The Balaban J connectivity index is 2.35. The monoisotopic (exact) mass is 472 g/mol. The second kappa shape index (κ2) is 9.07. The fraction of sp³-hybridized carbons (Fsp3) is 0.400. The standard InChI is InChI=1S/C20H24AsF3N2O3/c1-12(2)10-19(3,26-18(27)28)11-29-16-5-4-13(8-15(16)20(22,23)24)14-6-7-25-17(21)9-14/h4-9,12,26H,10-11,21H2,1-3H3,(H,27,28). The molecule has 0 aliphatic carbocycles. The number of nitrogens with zero attached hydrogens (tertiary/aromatic N) is 1. The van der Waals surface area contributed by atoms with Crippen molar-refractivity contribution in [1.29, 1.82) is 0 Å². The van der Waals surface area contributed by atoms with E-state index < -0.39 is 23.4 Å². The summed E-state index contributed by atoms with van der Waals surface area (Å²) in [6.07, 6.45) is -3.90. The molecule has 0 saturated heterocycles. The van der Waals surface area contributed by atoms with Gasteiger partial charge in [-0.25, -0.2) is 4.79 Å². The van der Waals surface area contributed by atoms with Crippen molar-refractivity contribution in [3.05, 3.63) is 42.1 Å². The van der Waals surface area contributed by atoms with Crippen molar-refractivity contribution >= 4 is 27.4 Å². The van der Waals surface area contributed by atoms with E-state index in [0.717, 1.165) is 10.5 Å². The first-order valence-electron chi connectivity index (χ1n) is 8.97. The van der Waals surface area contributed by atoms with Crippen molar-refractivity contribution in [2.75, 3.05) is 6.61 Å². The van der Waals surface area contributed by atoms with Gasteiger partial charge in [-0.1, -0.05) is 13.8 Å².